The fourth-order valence-electron chi connectivity index (χ4n) is 3.64. The number of methoxy groups -OCH3 is 1. The summed E-state index contributed by atoms with van der Waals surface area (Å²) in [5, 5.41) is 26.6. The van der Waals surface area contributed by atoms with Crippen LogP contribution in [0.15, 0.2) is 27.0 Å². The monoisotopic (exact) mass is 609 g/mol. The Morgan fingerprint density at radius 1 is 1.45 bits per heavy atom. The van der Waals surface area contributed by atoms with Gasteiger partial charge < -0.3 is 23.9 Å². The van der Waals surface area contributed by atoms with Crippen LogP contribution in [-0.4, -0.2) is 103 Å². The van der Waals surface area contributed by atoms with Gasteiger partial charge in [-0.1, -0.05) is 11.8 Å². The molecule has 0 aliphatic carbocycles. The molecule has 2 aliphatic heterocycles. The molecule has 2 aromatic heterocycles. The Hall–Kier alpha value is -2.87. The molecule has 0 spiro atoms. The third-order valence-corrected chi connectivity index (χ3v) is 9.34. The van der Waals surface area contributed by atoms with Gasteiger partial charge in [-0.3, -0.25) is 14.5 Å². The molecule has 2 N–H and O–H groups in total. The second kappa shape index (κ2) is 11.1. The number of fused-ring (bicyclic) bond motifs is 1. The number of carboxylic acids is 1. The zero-order valence-electron chi connectivity index (χ0n) is 19.7. The summed E-state index contributed by atoms with van der Waals surface area (Å²) in [4.78, 5) is 39.1. The predicted octanol–water partition coefficient (Wildman–Crippen LogP) is -0.807. The van der Waals surface area contributed by atoms with Crippen molar-refractivity contribution in [2.75, 3.05) is 30.2 Å². The van der Waals surface area contributed by atoms with Crippen LogP contribution in [0.3, 0.4) is 0 Å². The van der Waals surface area contributed by atoms with Crippen molar-refractivity contribution in [3.05, 3.63) is 23.1 Å². The number of hydrogen-bond acceptors (Lipinski definition) is 14. The predicted molar refractivity (Wildman–Crippen MR) is 131 cm³/mol. The van der Waals surface area contributed by atoms with E-state index in [1.807, 2.05) is 0 Å². The van der Waals surface area contributed by atoms with E-state index in [4.69, 9.17) is 25.0 Å². The number of aromatic nitrogens is 5. The quantitative estimate of drug-likeness (QED) is 0.0991. The summed E-state index contributed by atoms with van der Waals surface area (Å²) in [7, 11) is -1.12. The van der Waals surface area contributed by atoms with Crippen LogP contribution in [-0.2, 0) is 42.7 Å². The standard InChI is InChI=1S/C18H20ClN7O9S3/c1-25-17(21-23-24-25)37-8-9-7-36-16-18(33-2,15(30)26(16)13(9)14(28)29)20-11(27)5-10-6-12(22-34-10)35-38(31,32)4-3-19/h6,16H,3-5,7-8H2,1-2H3,(H,20,27)(H,28,29)/t16-,18-/m0/s1. The molecule has 20 heteroatoms. The Morgan fingerprint density at radius 3 is 2.84 bits per heavy atom. The van der Waals surface area contributed by atoms with Gasteiger partial charge in [-0.05, 0) is 21.2 Å². The zero-order valence-corrected chi connectivity index (χ0v) is 22.9. The van der Waals surface area contributed by atoms with Crippen LogP contribution in [0.25, 0.3) is 0 Å². The maximum atomic E-state index is 13.2. The number of nitrogens with one attached hydrogen (secondary N) is 1. The molecule has 4 rings (SSSR count). The summed E-state index contributed by atoms with van der Waals surface area (Å²) in [5.74, 6) is -3.38. The van der Waals surface area contributed by atoms with Gasteiger partial charge in [0, 0.05) is 37.6 Å². The minimum Gasteiger partial charge on any atom is -0.477 e. The smallest absolute Gasteiger partial charge is 0.352 e. The first-order valence-electron chi connectivity index (χ1n) is 10.6. The molecule has 2 atom stereocenters. The molecule has 1 saturated heterocycles. The van der Waals surface area contributed by atoms with Crippen molar-refractivity contribution in [2.24, 2.45) is 7.05 Å². The number of alkyl halides is 1. The van der Waals surface area contributed by atoms with Crippen LogP contribution in [0, 0.1) is 0 Å². The van der Waals surface area contributed by atoms with E-state index in [-0.39, 0.29) is 34.7 Å². The highest BCUT2D eigenvalue weighted by atomic mass is 35.5. The molecule has 16 nitrogen and oxygen atoms in total. The van der Waals surface area contributed by atoms with Gasteiger partial charge in [0.1, 0.15) is 16.8 Å². The van der Waals surface area contributed by atoms with Gasteiger partial charge >= 0.3 is 16.1 Å². The van der Waals surface area contributed by atoms with Crippen molar-refractivity contribution in [3.63, 3.8) is 0 Å². The fourth-order valence-corrected chi connectivity index (χ4v) is 7.25. The maximum absolute atomic E-state index is 13.2. The van der Waals surface area contributed by atoms with E-state index >= 15 is 0 Å². The van der Waals surface area contributed by atoms with E-state index in [0.29, 0.717) is 10.7 Å². The van der Waals surface area contributed by atoms with Crippen LogP contribution >= 0.6 is 35.1 Å². The topological polar surface area (TPSA) is 209 Å². The lowest BCUT2D eigenvalue weighted by Crippen LogP contribution is -2.80. The molecule has 0 unspecified atom stereocenters. The number of carbonyl (C=O) groups is 3. The molecule has 0 saturated carbocycles. The number of hydrogen-bond donors (Lipinski definition) is 2. The van der Waals surface area contributed by atoms with Gasteiger partial charge in [-0.2, -0.15) is 8.42 Å². The minimum absolute atomic E-state index is 0.0477. The molecule has 0 bridgehead atoms. The number of aryl methyl sites for hydroxylation is 1. The number of tetrazole rings is 1. The molecular weight excluding hydrogens is 590 g/mol. The van der Waals surface area contributed by atoms with Crippen molar-refractivity contribution in [1.29, 1.82) is 0 Å². The lowest BCUT2D eigenvalue weighted by Gasteiger charge is -2.55. The highest BCUT2D eigenvalue weighted by Gasteiger charge is 2.66. The van der Waals surface area contributed by atoms with Crippen molar-refractivity contribution in [1.82, 2.24) is 35.6 Å². The number of halogens is 1. The largest absolute Gasteiger partial charge is 0.477 e. The summed E-state index contributed by atoms with van der Waals surface area (Å²) < 4.78 is 39.9. The SMILES string of the molecule is CO[C@@]1(NC(=O)Cc2cc(OS(=O)(=O)CCCl)no2)C(=O)N2C(C(=O)O)=C(CSc3nnnn3C)CS[C@H]21. The van der Waals surface area contributed by atoms with Gasteiger partial charge in [0.05, 0.1) is 12.2 Å². The van der Waals surface area contributed by atoms with Gasteiger partial charge in [-0.15, -0.1) is 28.5 Å². The summed E-state index contributed by atoms with van der Waals surface area (Å²) in [6, 6.07) is 1.11. The number of β-lactam (4-membered cyclic amide) rings is 1. The number of ether oxygens (including phenoxy) is 1. The first kappa shape index (κ1) is 28.1. The molecule has 0 aromatic carbocycles. The number of amides is 2. The van der Waals surface area contributed by atoms with Gasteiger partial charge in [0.2, 0.25) is 11.1 Å². The minimum atomic E-state index is -3.98. The second-order valence-corrected chi connectivity index (χ2v) is 11.9. The average Bonchev–Trinajstić information content (AvgIpc) is 3.47. The summed E-state index contributed by atoms with van der Waals surface area (Å²) >= 11 is 7.85. The number of rotatable bonds is 12. The number of aliphatic carboxylic acids is 1. The fraction of sp³-hybridized carbons (Fsp3) is 0.500. The Labute approximate surface area is 228 Å². The lowest BCUT2D eigenvalue weighted by molar-refractivity contribution is -0.192. The number of carbonyl (C=O) groups excluding carboxylic acids is 2. The Bertz CT molecular complexity index is 1400. The second-order valence-electron chi connectivity index (χ2n) is 7.80. The van der Waals surface area contributed by atoms with Crippen molar-refractivity contribution < 1.29 is 41.4 Å². The third-order valence-electron chi connectivity index (χ3n) is 5.33. The normalized spacial score (nSPS) is 21.2. The van der Waals surface area contributed by atoms with E-state index in [2.05, 4.69) is 26.0 Å². The molecular formula is C18H20ClN7O9S3. The number of nitrogens with zero attached hydrogens (tertiary/aromatic N) is 6. The summed E-state index contributed by atoms with van der Waals surface area (Å²) in [5.41, 5.74) is -1.54. The van der Waals surface area contributed by atoms with E-state index in [0.717, 1.165) is 11.0 Å². The molecule has 38 heavy (non-hydrogen) atoms. The molecule has 2 aromatic rings. The Kier molecular flexibility index (Phi) is 8.21. The van der Waals surface area contributed by atoms with E-state index in [1.165, 1.54) is 35.3 Å². The van der Waals surface area contributed by atoms with Gasteiger partial charge in [0.25, 0.3) is 17.5 Å². The van der Waals surface area contributed by atoms with E-state index in [1.54, 1.807) is 7.05 Å². The molecule has 206 valence electrons. The van der Waals surface area contributed by atoms with Crippen molar-refractivity contribution in [3.8, 4) is 5.88 Å². The summed E-state index contributed by atoms with van der Waals surface area (Å²) in [6.45, 7) is 0. The highest BCUT2D eigenvalue weighted by molar-refractivity contribution is 8.01. The number of thioether (sulfide) groups is 2. The first-order chi connectivity index (χ1) is 18.0. The van der Waals surface area contributed by atoms with Gasteiger partial charge in [-0.25, -0.2) is 9.48 Å². The van der Waals surface area contributed by atoms with Crippen LogP contribution in [0.2, 0.25) is 0 Å². The van der Waals surface area contributed by atoms with E-state index in [9.17, 15) is 27.9 Å². The van der Waals surface area contributed by atoms with Crippen LogP contribution < -0.4 is 9.50 Å². The molecule has 2 amide bonds. The van der Waals surface area contributed by atoms with E-state index < -0.39 is 51.2 Å². The van der Waals surface area contributed by atoms with Crippen LogP contribution in [0.5, 0.6) is 5.88 Å². The molecule has 2 aliphatic rings. The average molecular weight is 610 g/mol. The van der Waals surface area contributed by atoms with Crippen LogP contribution in [0.4, 0.5) is 0 Å². The molecule has 4 heterocycles. The Morgan fingerprint density at radius 2 is 2.21 bits per heavy atom. The third kappa shape index (κ3) is 5.46. The lowest BCUT2D eigenvalue weighted by atomic mass is 9.98. The Balaban J connectivity index is 1.45. The zero-order chi connectivity index (χ0) is 27.7. The van der Waals surface area contributed by atoms with Crippen LogP contribution in [0.1, 0.15) is 5.76 Å². The maximum Gasteiger partial charge on any atom is 0.352 e. The highest BCUT2D eigenvalue weighted by Crippen LogP contribution is 2.47. The van der Waals surface area contributed by atoms with Crippen molar-refractivity contribution >= 4 is 63.0 Å². The number of carboxylic acid groups (broad SMARTS) is 1. The van der Waals surface area contributed by atoms with Gasteiger partial charge in [0.15, 0.2) is 0 Å². The molecule has 0 radical (unpaired) electrons. The molecule has 1 fully saturated rings. The first-order valence-corrected chi connectivity index (χ1v) is 14.7. The summed E-state index contributed by atoms with van der Waals surface area (Å²) in [6.07, 6.45) is -0.434. The van der Waals surface area contributed by atoms with Crippen molar-refractivity contribution in [2.45, 2.75) is 22.7 Å².